The van der Waals surface area contributed by atoms with Gasteiger partial charge in [-0.15, -0.1) is 0 Å². The van der Waals surface area contributed by atoms with Crippen molar-refractivity contribution in [1.29, 1.82) is 0 Å². The number of hydrogen-bond donors (Lipinski definition) is 1. The maximum Gasteiger partial charge on any atom is 0.0740 e. The van der Waals surface area contributed by atoms with Gasteiger partial charge in [0.15, 0.2) is 0 Å². The molecule has 0 bridgehead atoms. The molecule has 1 saturated heterocycles. The number of morpholine rings is 1. The molecule has 82 valence electrons. The zero-order chi connectivity index (χ0) is 10.7. The van der Waals surface area contributed by atoms with E-state index in [0.29, 0.717) is 10.0 Å². The molecule has 1 N–H and O–H groups in total. The van der Waals surface area contributed by atoms with E-state index in [1.54, 1.807) is 0 Å². The van der Waals surface area contributed by atoms with Crippen LogP contribution in [0.4, 0.5) is 0 Å². The van der Waals surface area contributed by atoms with Crippen molar-refractivity contribution < 1.29 is 4.74 Å². The van der Waals surface area contributed by atoms with Gasteiger partial charge in [0.2, 0.25) is 0 Å². The SMILES string of the molecule is Clc1ccc(C[C@@H]2CNCCO2)cc1Cl. The van der Waals surface area contributed by atoms with Crippen molar-refractivity contribution >= 4 is 23.2 Å². The van der Waals surface area contributed by atoms with Gasteiger partial charge in [0.05, 0.1) is 22.8 Å². The number of benzene rings is 1. The molecule has 1 fully saturated rings. The third-order valence-electron chi connectivity index (χ3n) is 2.45. The minimum absolute atomic E-state index is 0.246. The minimum atomic E-state index is 0.246. The van der Waals surface area contributed by atoms with Crippen LogP contribution < -0.4 is 5.32 Å². The molecule has 2 rings (SSSR count). The summed E-state index contributed by atoms with van der Waals surface area (Å²) in [7, 11) is 0. The van der Waals surface area contributed by atoms with Crippen molar-refractivity contribution in [3.63, 3.8) is 0 Å². The van der Waals surface area contributed by atoms with E-state index in [2.05, 4.69) is 5.32 Å². The van der Waals surface area contributed by atoms with E-state index in [1.807, 2.05) is 18.2 Å². The molecular weight excluding hydrogens is 233 g/mol. The molecule has 1 aliphatic heterocycles. The zero-order valence-electron chi connectivity index (χ0n) is 8.30. The van der Waals surface area contributed by atoms with Crippen molar-refractivity contribution in [1.82, 2.24) is 5.32 Å². The molecule has 0 aliphatic carbocycles. The van der Waals surface area contributed by atoms with Gasteiger partial charge in [-0.3, -0.25) is 0 Å². The molecule has 1 heterocycles. The number of halogens is 2. The molecule has 0 spiro atoms. The fourth-order valence-corrected chi connectivity index (χ4v) is 2.00. The van der Waals surface area contributed by atoms with E-state index in [0.717, 1.165) is 31.7 Å². The number of rotatable bonds is 2. The van der Waals surface area contributed by atoms with Gasteiger partial charge in [-0.1, -0.05) is 29.3 Å². The molecule has 0 amide bonds. The third kappa shape index (κ3) is 3.08. The van der Waals surface area contributed by atoms with Crippen LogP contribution in [0.1, 0.15) is 5.56 Å². The van der Waals surface area contributed by atoms with E-state index in [9.17, 15) is 0 Å². The maximum atomic E-state index is 5.94. The summed E-state index contributed by atoms with van der Waals surface area (Å²) in [5.74, 6) is 0. The molecule has 1 aliphatic rings. The van der Waals surface area contributed by atoms with E-state index >= 15 is 0 Å². The highest BCUT2D eigenvalue weighted by Crippen LogP contribution is 2.23. The van der Waals surface area contributed by atoms with Gasteiger partial charge in [0.1, 0.15) is 0 Å². The molecule has 2 nitrogen and oxygen atoms in total. The lowest BCUT2D eigenvalue weighted by Crippen LogP contribution is -2.39. The Morgan fingerprint density at radius 1 is 1.33 bits per heavy atom. The van der Waals surface area contributed by atoms with Crippen molar-refractivity contribution in [3.8, 4) is 0 Å². The van der Waals surface area contributed by atoms with Gasteiger partial charge in [0.25, 0.3) is 0 Å². The molecule has 0 aromatic heterocycles. The predicted octanol–water partition coefficient (Wildman–Crippen LogP) is 2.52. The summed E-state index contributed by atoms with van der Waals surface area (Å²) < 4.78 is 5.61. The smallest absolute Gasteiger partial charge is 0.0740 e. The van der Waals surface area contributed by atoms with Crippen LogP contribution in [0.25, 0.3) is 0 Å². The molecule has 4 heteroatoms. The van der Waals surface area contributed by atoms with Crippen LogP contribution in [0.2, 0.25) is 10.0 Å². The predicted molar refractivity (Wildman–Crippen MR) is 62.8 cm³/mol. The summed E-state index contributed by atoms with van der Waals surface area (Å²) in [6.45, 7) is 2.63. The Morgan fingerprint density at radius 2 is 2.20 bits per heavy atom. The molecule has 15 heavy (non-hydrogen) atoms. The lowest BCUT2D eigenvalue weighted by atomic mass is 10.1. The molecule has 0 radical (unpaired) electrons. The second kappa shape index (κ2) is 5.17. The van der Waals surface area contributed by atoms with Crippen molar-refractivity contribution in [2.45, 2.75) is 12.5 Å². The van der Waals surface area contributed by atoms with Gasteiger partial charge in [-0.2, -0.15) is 0 Å². The van der Waals surface area contributed by atoms with Crippen molar-refractivity contribution in [3.05, 3.63) is 33.8 Å². The van der Waals surface area contributed by atoms with Crippen LogP contribution in [-0.2, 0) is 11.2 Å². The topological polar surface area (TPSA) is 21.3 Å². The van der Waals surface area contributed by atoms with Gasteiger partial charge in [0, 0.05) is 13.1 Å². The first-order chi connectivity index (χ1) is 7.25. The van der Waals surface area contributed by atoms with Gasteiger partial charge in [-0.25, -0.2) is 0 Å². The average Bonchev–Trinajstić information content (AvgIpc) is 2.25. The summed E-state index contributed by atoms with van der Waals surface area (Å²) in [6, 6.07) is 5.73. The lowest BCUT2D eigenvalue weighted by Gasteiger charge is -2.23. The van der Waals surface area contributed by atoms with Crippen LogP contribution >= 0.6 is 23.2 Å². The van der Waals surface area contributed by atoms with Crippen LogP contribution in [0.5, 0.6) is 0 Å². The normalized spacial score (nSPS) is 21.6. The summed E-state index contributed by atoms with van der Waals surface area (Å²) >= 11 is 11.8. The van der Waals surface area contributed by atoms with Crippen molar-refractivity contribution in [2.75, 3.05) is 19.7 Å². The van der Waals surface area contributed by atoms with Crippen molar-refractivity contribution in [2.24, 2.45) is 0 Å². The Bertz CT molecular complexity index is 337. The fraction of sp³-hybridized carbons (Fsp3) is 0.455. The Kier molecular flexibility index (Phi) is 3.87. The summed E-state index contributed by atoms with van der Waals surface area (Å²) in [4.78, 5) is 0. The first kappa shape index (κ1) is 11.2. The lowest BCUT2D eigenvalue weighted by molar-refractivity contribution is 0.0292. The Hall–Kier alpha value is -0.280. The summed E-state index contributed by atoms with van der Waals surface area (Å²) in [5.41, 5.74) is 1.16. The monoisotopic (exact) mass is 245 g/mol. The molecule has 1 aromatic rings. The molecule has 0 unspecified atom stereocenters. The van der Waals surface area contributed by atoms with Crippen LogP contribution in [0.3, 0.4) is 0 Å². The highest BCUT2D eigenvalue weighted by Gasteiger charge is 2.14. The second-order valence-electron chi connectivity index (χ2n) is 3.65. The number of ether oxygens (including phenoxy) is 1. The average molecular weight is 246 g/mol. The Labute approximate surface area is 99.5 Å². The fourth-order valence-electron chi connectivity index (χ4n) is 1.68. The second-order valence-corrected chi connectivity index (χ2v) is 4.46. The van der Waals surface area contributed by atoms with E-state index < -0.39 is 0 Å². The molecular formula is C11H13Cl2NO. The largest absolute Gasteiger partial charge is 0.375 e. The van der Waals surface area contributed by atoms with E-state index in [1.165, 1.54) is 0 Å². The van der Waals surface area contributed by atoms with Crippen LogP contribution in [0, 0.1) is 0 Å². The van der Waals surface area contributed by atoms with E-state index in [4.69, 9.17) is 27.9 Å². The zero-order valence-corrected chi connectivity index (χ0v) is 9.81. The maximum absolute atomic E-state index is 5.94. The van der Waals surface area contributed by atoms with Crippen LogP contribution in [-0.4, -0.2) is 25.8 Å². The first-order valence-corrected chi connectivity index (χ1v) is 5.77. The first-order valence-electron chi connectivity index (χ1n) is 5.02. The van der Waals surface area contributed by atoms with Gasteiger partial charge >= 0.3 is 0 Å². The van der Waals surface area contributed by atoms with Crippen LogP contribution in [0.15, 0.2) is 18.2 Å². The highest BCUT2D eigenvalue weighted by molar-refractivity contribution is 6.42. The molecule has 0 saturated carbocycles. The number of nitrogens with one attached hydrogen (secondary N) is 1. The van der Waals surface area contributed by atoms with Gasteiger partial charge < -0.3 is 10.1 Å². The Balaban J connectivity index is 2.00. The standard InChI is InChI=1S/C11H13Cl2NO/c12-10-2-1-8(6-11(10)13)5-9-7-14-3-4-15-9/h1-2,6,9,14H,3-5,7H2/t9-/m1/s1. The quantitative estimate of drug-likeness (QED) is 0.865. The minimum Gasteiger partial charge on any atom is -0.375 e. The summed E-state index contributed by atoms with van der Waals surface area (Å²) in [6.07, 6.45) is 1.13. The van der Waals surface area contributed by atoms with E-state index in [-0.39, 0.29) is 6.10 Å². The van der Waals surface area contributed by atoms with Gasteiger partial charge in [-0.05, 0) is 24.1 Å². The Morgan fingerprint density at radius 3 is 2.87 bits per heavy atom. The highest BCUT2D eigenvalue weighted by atomic mass is 35.5. The molecule has 1 atom stereocenters. The third-order valence-corrected chi connectivity index (χ3v) is 3.19. The number of hydrogen-bond acceptors (Lipinski definition) is 2. The summed E-state index contributed by atoms with van der Waals surface area (Å²) in [5, 5.41) is 4.51. The molecule has 1 aromatic carbocycles.